The fourth-order valence-corrected chi connectivity index (χ4v) is 1.73. The SMILES string of the molecule is CCCN(CCN(C)C)c1cc(F)ccc1N. The lowest BCUT2D eigenvalue weighted by Gasteiger charge is -2.27. The second-order valence-electron chi connectivity index (χ2n) is 4.49. The quantitative estimate of drug-likeness (QED) is 0.772. The minimum atomic E-state index is -0.236. The summed E-state index contributed by atoms with van der Waals surface area (Å²) in [4.78, 5) is 4.25. The van der Waals surface area contributed by atoms with Gasteiger partial charge in [0.15, 0.2) is 0 Å². The van der Waals surface area contributed by atoms with E-state index in [-0.39, 0.29) is 5.82 Å². The standard InChI is InChI=1S/C13H22FN3/c1-4-7-17(9-8-16(2)3)13-10-11(14)5-6-12(13)15/h5-6,10H,4,7-9,15H2,1-3H3. The van der Waals surface area contributed by atoms with Crippen LogP contribution in [0.25, 0.3) is 0 Å². The van der Waals surface area contributed by atoms with E-state index >= 15 is 0 Å². The highest BCUT2D eigenvalue weighted by atomic mass is 19.1. The van der Waals surface area contributed by atoms with Crippen LogP contribution in [0.2, 0.25) is 0 Å². The summed E-state index contributed by atoms with van der Waals surface area (Å²) in [6.45, 7) is 4.78. The lowest BCUT2D eigenvalue weighted by Crippen LogP contribution is -2.32. The van der Waals surface area contributed by atoms with Gasteiger partial charge in [-0.1, -0.05) is 6.92 Å². The molecule has 0 saturated carbocycles. The van der Waals surface area contributed by atoms with E-state index in [9.17, 15) is 4.39 Å². The summed E-state index contributed by atoms with van der Waals surface area (Å²) in [5, 5.41) is 0. The molecule has 0 aromatic heterocycles. The summed E-state index contributed by atoms with van der Waals surface area (Å²) in [7, 11) is 4.05. The Bertz CT molecular complexity index is 353. The maximum atomic E-state index is 13.3. The molecule has 0 aliphatic heterocycles. The van der Waals surface area contributed by atoms with Crippen molar-refractivity contribution in [1.82, 2.24) is 4.90 Å². The van der Waals surface area contributed by atoms with Crippen molar-refractivity contribution in [3.05, 3.63) is 24.0 Å². The zero-order valence-electron chi connectivity index (χ0n) is 10.9. The zero-order valence-corrected chi connectivity index (χ0v) is 10.9. The highest BCUT2D eigenvalue weighted by Crippen LogP contribution is 2.24. The van der Waals surface area contributed by atoms with Gasteiger partial charge in [-0.2, -0.15) is 0 Å². The van der Waals surface area contributed by atoms with Crippen molar-refractivity contribution < 1.29 is 4.39 Å². The normalized spacial score (nSPS) is 10.9. The predicted octanol–water partition coefficient (Wildman–Crippen LogP) is 2.19. The molecule has 0 radical (unpaired) electrons. The number of likely N-dealkylation sites (N-methyl/N-ethyl adjacent to an activating group) is 1. The van der Waals surface area contributed by atoms with Gasteiger partial charge in [0.2, 0.25) is 0 Å². The molecule has 0 aliphatic rings. The molecule has 96 valence electrons. The van der Waals surface area contributed by atoms with Crippen LogP contribution in [0.4, 0.5) is 15.8 Å². The van der Waals surface area contributed by atoms with Crippen LogP contribution in [-0.2, 0) is 0 Å². The van der Waals surface area contributed by atoms with Crippen LogP contribution in [0.15, 0.2) is 18.2 Å². The second kappa shape index (κ2) is 6.45. The highest BCUT2D eigenvalue weighted by molar-refractivity contribution is 5.67. The molecular formula is C13H22FN3. The third kappa shape index (κ3) is 4.23. The minimum Gasteiger partial charge on any atom is -0.397 e. The summed E-state index contributed by atoms with van der Waals surface area (Å²) in [5.74, 6) is -0.236. The van der Waals surface area contributed by atoms with Crippen molar-refractivity contribution in [2.24, 2.45) is 0 Å². The molecule has 17 heavy (non-hydrogen) atoms. The third-order valence-electron chi connectivity index (χ3n) is 2.64. The first kappa shape index (κ1) is 13.8. The van der Waals surface area contributed by atoms with Crippen LogP contribution < -0.4 is 10.6 Å². The summed E-state index contributed by atoms with van der Waals surface area (Å²) in [5.41, 5.74) is 7.34. The molecule has 0 saturated heterocycles. The van der Waals surface area contributed by atoms with Crippen molar-refractivity contribution in [2.75, 3.05) is 44.4 Å². The number of nitrogen functional groups attached to an aromatic ring is 1. The molecule has 3 nitrogen and oxygen atoms in total. The number of anilines is 2. The summed E-state index contributed by atoms with van der Waals surface area (Å²) < 4.78 is 13.3. The number of nitrogens with two attached hydrogens (primary N) is 1. The molecular weight excluding hydrogens is 217 g/mol. The summed E-state index contributed by atoms with van der Waals surface area (Å²) in [6.07, 6.45) is 1.02. The Morgan fingerprint density at radius 1 is 1.18 bits per heavy atom. The largest absolute Gasteiger partial charge is 0.397 e. The van der Waals surface area contributed by atoms with Crippen LogP contribution in [0.1, 0.15) is 13.3 Å². The Balaban J connectivity index is 2.84. The van der Waals surface area contributed by atoms with E-state index < -0.39 is 0 Å². The number of nitrogens with zero attached hydrogens (tertiary/aromatic N) is 2. The molecule has 1 aromatic rings. The topological polar surface area (TPSA) is 32.5 Å². The molecule has 0 heterocycles. The first-order valence-corrected chi connectivity index (χ1v) is 5.99. The molecule has 2 N–H and O–H groups in total. The van der Waals surface area contributed by atoms with E-state index in [1.54, 1.807) is 6.07 Å². The Morgan fingerprint density at radius 2 is 1.88 bits per heavy atom. The predicted molar refractivity (Wildman–Crippen MR) is 71.9 cm³/mol. The monoisotopic (exact) mass is 239 g/mol. The van der Waals surface area contributed by atoms with E-state index in [0.717, 1.165) is 31.7 Å². The van der Waals surface area contributed by atoms with E-state index in [1.165, 1.54) is 12.1 Å². The lowest BCUT2D eigenvalue weighted by molar-refractivity contribution is 0.413. The first-order chi connectivity index (χ1) is 8.04. The van der Waals surface area contributed by atoms with Gasteiger partial charge in [-0.15, -0.1) is 0 Å². The van der Waals surface area contributed by atoms with Gasteiger partial charge >= 0.3 is 0 Å². The van der Waals surface area contributed by atoms with Gasteiger partial charge in [-0.3, -0.25) is 0 Å². The van der Waals surface area contributed by atoms with Crippen molar-refractivity contribution in [1.29, 1.82) is 0 Å². The Labute approximate surface area is 103 Å². The van der Waals surface area contributed by atoms with Gasteiger partial charge in [-0.25, -0.2) is 4.39 Å². The number of hydrogen-bond acceptors (Lipinski definition) is 3. The van der Waals surface area contributed by atoms with E-state index in [4.69, 9.17) is 5.73 Å². The van der Waals surface area contributed by atoms with Crippen LogP contribution in [0.5, 0.6) is 0 Å². The van der Waals surface area contributed by atoms with Gasteiger partial charge in [0, 0.05) is 19.6 Å². The molecule has 1 aromatic carbocycles. The number of benzene rings is 1. The fraction of sp³-hybridized carbons (Fsp3) is 0.538. The summed E-state index contributed by atoms with van der Waals surface area (Å²) >= 11 is 0. The van der Waals surface area contributed by atoms with Crippen molar-refractivity contribution in [2.45, 2.75) is 13.3 Å². The van der Waals surface area contributed by atoms with Gasteiger partial charge in [-0.05, 0) is 38.7 Å². The molecule has 0 atom stereocenters. The molecule has 1 rings (SSSR count). The Morgan fingerprint density at radius 3 is 2.47 bits per heavy atom. The third-order valence-corrected chi connectivity index (χ3v) is 2.64. The molecule has 0 spiro atoms. The van der Waals surface area contributed by atoms with E-state index in [0.29, 0.717) is 5.69 Å². The average molecular weight is 239 g/mol. The Kier molecular flexibility index (Phi) is 5.22. The van der Waals surface area contributed by atoms with Gasteiger partial charge in [0.1, 0.15) is 5.82 Å². The maximum absolute atomic E-state index is 13.3. The van der Waals surface area contributed by atoms with Crippen molar-refractivity contribution in [3.63, 3.8) is 0 Å². The van der Waals surface area contributed by atoms with Crippen LogP contribution >= 0.6 is 0 Å². The minimum absolute atomic E-state index is 0.236. The highest BCUT2D eigenvalue weighted by Gasteiger charge is 2.10. The Hall–Kier alpha value is -1.29. The molecule has 0 unspecified atom stereocenters. The average Bonchev–Trinajstić information content (AvgIpc) is 2.27. The number of hydrogen-bond donors (Lipinski definition) is 1. The number of halogens is 1. The van der Waals surface area contributed by atoms with Gasteiger partial charge in [0.05, 0.1) is 11.4 Å². The smallest absolute Gasteiger partial charge is 0.125 e. The van der Waals surface area contributed by atoms with E-state index in [2.05, 4.69) is 16.7 Å². The summed E-state index contributed by atoms with van der Waals surface area (Å²) in [6, 6.07) is 4.54. The van der Waals surface area contributed by atoms with Crippen molar-refractivity contribution >= 4 is 11.4 Å². The van der Waals surface area contributed by atoms with Gasteiger partial charge < -0.3 is 15.5 Å². The lowest BCUT2D eigenvalue weighted by atomic mass is 10.2. The fourth-order valence-electron chi connectivity index (χ4n) is 1.73. The maximum Gasteiger partial charge on any atom is 0.125 e. The van der Waals surface area contributed by atoms with E-state index in [1.807, 2.05) is 14.1 Å². The molecule has 0 fully saturated rings. The molecule has 0 amide bonds. The molecule has 0 aliphatic carbocycles. The van der Waals surface area contributed by atoms with Crippen molar-refractivity contribution in [3.8, 4) is 0 Å². The van der Waals surface area contributed by atoms with Crippen LogP contribution in [0.3, 0.4) is 0 Å². The molecule has 0 bridgehead atoms. The van der Waals surface area contributed by atoms with Gasteiger partial charge in [0.25, 0.3) is 0 Å². The zero-order chi connectivity index (χ0) is 12.8. The molecule has 4 heteroatoms. The second-order valence-corrected chi connectivity index (χ2v) is 4.49. The number of rotatable bonds is 6. The van der Waals surface area contributed by atoms with Crippen LogP contribution in [0, 0.1) is 5.82 Å². The van der Waals surface area contributed by atoms with Crippen LogP contribution in [-0.4, -0.2) is 38.6 Å². The first-order valence-electron chi connectivity index (χ1n) is 5.99.